The molecule has 0 bridgehead atoms. The molecule has 0 saturated heterocycles. The number of imidazole rings is 1. The Labute approximate surface area is 117 Å². The first kappa shape index (κ1) is 12.4. The molecule has 1 N–H and O–H groups in total. The van der Waals surface area contributed by atoms with Gasteiger partial charge in [0.2, 0.25) is 0 Å². The highest BCUT2D eigenvalue weighted by Crippen LogP contribution is 2.18. The Bertz CT molecular complexity index is 692. The number of nitrogens with zero attached hydrogens (tertiary/aromatic N) is 3. The van der Waals surface area contributed by atoms with E-state index >= 15 is 0 Å². The topological polar surface area (TPSA) is 50.9 Å². The van der Waals surface area contributed by atoms with Crippen LogP contribution in [0.25, 0.3) is 0 Å². The molecular weight excluding hydrogens is 250 g/mol. The van der Waals surface area contributed by atoms with Crippen molar-refractivity contribution >= 4 is 0 Å². The number of hydrogen-bond acceptors (Lipinski definition) is 3. The molecule has 3 aromatic rings. The second-order valence-electron chi connectivity index (χ2n) is 4.64. The van der Waals surface area contributed by atoms with Crippen LogP contribution >= 0.6 is 0 Å². The maximum Gasteiger partial charge on any atom is 0.120 e. The minimum Gasteiger partial charge on any atom is -0.508 e. The van der Waals surface area contributed by atoms with E-state index in [1.807, 2.05) is 47.3 Å². The summed E-state index contributed by atoms with van der Waals surface area (Å²) in [4.78, 5) is 8.51. The summed E-state index contributed by atoms with van der Waals surface area (Å²) in [5, 5.41) is 9.85. The van der Waals surface area contributed by atoms with Crippen LogP contribution in [0.1, 0.15) is 17.0 Å². The van der Waals surface area contributed by atoms with Crippen LogP contribution in [0.4, 0.5) is 0 Å². The molecular formula is C16H15N3O. The van der Waals surface area contributed by atoms with Gasteiger partial charge in [-0.1, -0.05) is 24.3 Å². The molecule has 100 valence electrons. The Balaban J connectivity index is 1.82. The molecule has 0 aliphatic carbocycles. The standard InChI is InChI=1S/C16H15N3O/c20-15-6-2-1-5-14(15)12-19-9-8-18-16(19)10-13-4-3-7-17-11-13/h1-9,11,20H,10,12H2. The van der Waals surface area contributed by atoms with Crippen LogP contribution in [0, 0.1) is 0 Å². The van der Waals surface area contributed by atoms with Gasteiger partial charge < -0.3 is 9.67 Å². The highest BCUT2D eigenvalue weighted by molar-refractivity contribution is 5.32. The molecule has 1 aromatic carbocycles. The molecule has 0 saturated carbocycles. The van der Waals surface area contributed by atoms with E-state index in [4.69, 9.17) is 0 Å². The largest absolute Gasteiger partial charge is 0.508 e. The maximum absolute atomic E-state index is 9.85. The summed E-state index contributed by atoms with van der Waals surface area (Å²) in [5.41, 5.74) is 2.01. The minimum atomic E-state index is 0.313. The summed E-state index contributed by atoms with van der Waals surface area (Å²) in [6.45, 7) is 0.613. The highest BCUT2D eigenvalue weighted by atomic mass is 16.3. The molecule has 20 heavy (non-hydrogen) atoms. The molecule has 2 aromatic heterocycles. The van der Waals surface area contributed by atoms with Crippen LogP contribution in [-0.4, -0.2) is 19.6 Å². The Hall–Kier alpha value is -2.62. The van der Waals surface area contributed by atoms with Gasteiger partial charge in [0.05, 0.1) is 6.54 Å². The lowest BCUT2D eigenvalue weighted by atomic mass is 10.2. The van der Waals surface area contributed by atoms with Crippen LogP contribution < -0.4 is 0 Å². The second kappa shape index (κ2) is 5.57. The van der Waals surface area contributed by atoms with Gasteiger partial charge in [-0.15, -0.1) is 0 Å². The van der Waals surface area contributed by atoms with Crippen molar-refractivity contribution in [3.05, 3.63) is 78.1 Å². The van der Waals surface area contributed by atoms with Gasteiger partial charge in [0.1, 0.15) is 11.6 Å². The summed E-state index contributed by atoms with van der Waals surface area (Å²) in [5.74, 6) is 1.27. The zero-order valence-corrected chi connectivity index (χ0v) is 11.0. The second-order valence-corrected chi connectivity index (χ2v) is 4.64. The Kier molecular flexibility index (Phi) is 3.46. The lowest BCUT2D eigenvalue weighted by molar-refractivity contribution is 0.465. The van der Waals surface area contributed by atoms with E-state index < -0.39 is 0 Å². The molecule has 0 amide bonds. The number of phenolic OH excluding ortho intramolecular Hbond substituents is 1. The van der Waals surface area contributed by atoms with E-state index in [-0.39, 0.29) is 0 Å². The number of benzene rings is 1. The van der Waals surface area contributed by atoms with Gasteiger partial charge >= 0.3 is 0 Å². The van der Waals surface area contributed by atoms with Gasteiger partial charge in [0.25, 0.3) is 0 Å². The average molecular weight is 265 g/mol. The Morgan fingerprint density at radius 3 is 2.75 bits per heavy atom. The molecule has 0 fully saturated rings. The lowest BCUT2D eigenvalue weighted by Gasteiger charge is -2.09. The molecule has 0 aliphatic heterocycles. The fourth-order valence-corrected chi connectivity index (χ4v) is 2.16. The molecule has 4 nitrogen and oxygen atoms in total. The van der Waals surface area contributed by atoms with E-state index in [1.54, 1.807) is 18.5 Å². The van der Waals surface area contributed by atoms with E-state index in [0.29, 0.717) is 12.3 Å². The van der Waals surface area contributed by atoms with Gasteiger partial charge in [-0.25, -0.2) is 4.98 Å². The number of rotatable bonds is 4. The highest BCUT2D eigenvalue weighted by Gasteiger charge is 2.07. The van der Waals surface area contributed by atoms with Gasteiger partial charge in [-0.05, 0) is 17.7 Å². The number of aromatic hydroxyl groups is 1. The van der Waals surface area contributed by atoms with E-state index in [2.05, 4.69) is 9.97 Å². The lowest BCUT2D eigenvalue weighted by Crippen LogP contribution is -2.05. The third-order valence-electron chi connectivity index (χ3n) is 3.22. The van der Waals surface area contributed by atoms with Crippen molar-refractivity contribution in [2.45, 2.75) is 13.0 Å². The zero-order valence-electron chi connectivity index (χ0n) is 11.0. The molecule has 0 spiro atoms. The smallest absolute Gasteiger partial charge is 0.120 e. The first-order valence-corrected chi connectivity index (χ1v) is 6.49. The van der Waals surface area contributed by atoms with Crippen LogP contribution in [0.2, 0.25) is 0 Å². The fourth-order valence-electron chi connectivity index (χ4n) is 2.16. The van der Waals surface area contributed by atoms with Crippen molar-refractivity contribution in [3.63, 3.8) is 0 Å². The van der Waals surface area contributed by atoms with E-state index in [1.165, 1.54) is 0 Å². The average Bonchev–Trinajstić information content (AvgIpc) is 2.90. The van der Waals surface area contributed by atoms with Crippen molar-refractivity contribution in [1.29, 1.82) is 0 Å². The van der Waals surface area contributed by atoms with Crippen molar-refractivity contribution in [1.82, 2.24) is 14.5 Å². The van der Waals surface area contributed by atoms with E-state index in [9.17, 15) is 5.11 Å². The first-order chi connectivity index (χ1) is 9.83. The predicted octanol–water partition coefficient (Wildman–Crippen LogP) is 2.62. The quantitative estimate of drug-likeness (QED) is 0.789. The van der Waals surface area contributed by atoms with Crippen molar-refractivity contribution in [2.24, 2.45) is 0 Å². The third-order valence-corrected chi connectivity index (χ3v) is 3.22. The summed E-state index contributed by atoms with van der Waals surface area (Å²) < 4.78 is 2.04. The monoisotopic (exact) mass is 265 g/mol. The summed E-state index contributed by atoms with van der Waals surface area (Å²) in [7, 11) is 0. The molecule has 0 atom stereocenters. The van der Waals surface area contributed by atoms with E-state index in [0.717, 1.165) is 23.4 Å². The van der Waals surface area contributed by atoms with Gasteiger partial charge in [0.15, 0.2) is 0 Å². The summed E-state index contributed by atoms with van der Waals surface area (Å²) in [6, 6.07) is 11.3. The number of aromatic nitrogens is 3. The van der Waals surface area contributed by atoms with Gasteiger partial charge in [-0.3, -0.25) is 4.98 Å². The molecule has 0 aliphatic rings. The van der Waals surface area contributed by atoms with Crippen molar-refractivity contribution in [3.8, 4) is 5.75 Å². The van der Waals surface area contributed by atoms with Gasteiger partial charge in [-0.2, -0.15) is 0 Å². The number of hydrogen-bond donors (Lipinski definition) is 1. The van der Waals surface area contributed by atoms with Crippen molar-refractivity contribution < 1.29 is 5.11 Å². The molecule has 4 heteroatoms. The zero-order chi connectivity index (χ0) is 13.8. The summed E-state index contributed by atoms with van der Waals surface area (Å²) in [6.07, 6.45) is 8.05. The van der Waals surface area contributed by atoms with Gasteiger partial charge in [0, 0.05) is 36.8 Å². The number of para-hydroxylation sites is 1. The molecule has 0 radical (unpaired) electrons. The normalized spacial score (nSPS) is 10.6. The van der Waals surface area contributed by atoms with Crippen LogP contribution in [-0.2, 0) is 13.0 Å². The fraction of sp³-hybridized carbons (Fsp3) is 0.125. The third kappa shape index (κ3) is 2.69. The minimum absolute atomic E-state index is 0.313. The molecule has 2 heterocycles. The SMILES string of the molecule is Oc1ccccc1Cn1ccnc1Cc1cccnc1. The van der Waals surface area contributed by atoms with Crippen LogP contribution in [0.3, 0.4) is 0 Å². The molecule has 3 rings (SSSR count). The van der Waals surface area contributed by atoms with Crippen LogP contribution in [0.15, 0.2) is 61.2 Å². The number of phenols is 1. The molecule has 0 unspecified atom stereocenters. The summed E-state index contributed by atoms with van der Waals surface area (Å²) >= 11 is 0. The number of pyridine rings is 1. The van der Waals surface area contributed by atoms with Crippen molar-refractivity contribution in [2.75, 3.05) is 0 Å². The maximum atomic E-state index is 9.85. The Morgan fingerprint density at radius 2 is 1.95 bits per heavy atom. The predicted molar refractivity (Wildman–Crippen MR) is 76.5 cm³/mol. The Morgan fingerprint density at radius 1 is 1.05 bits per heavy atom. The van der Waals surface area contributed by atoms with Crippen LogP contribution in [0.5, 0.6) is 5.75 Å². The first-order valence-electron chi connectivity index (χ1n) is 6.49.